The van der Waals surface area contributed by atoms with Gasteiger partial charge in [-0.25, -0.2) is 0 Å². The number of hydrogen-bond donors (Lipinski definition) is 1. The molecule has 0 aliphatic rings. The summed E-state index contributed by atoms with van der Waals surface area (Å²) in [7, 11) is 0. The van der Waals surface area contributed by atoms with Crippen molar-refractivity contribution in [1.29, 1.82) is 0 Å². The molecule has 23 heavy (non-hydrogen) atoms. The van der Waals surface area contributed by atoms with Crippen molar-refractivity contribution in [3.05, 3.63) is 65.2 Å². The van der Waals surface area contributed by atoms with Gasteiger partial charge in [0.25, 0.3) is 5.91 Å². The predicted octanol–water partition coefficient (Wildman–Crippen LogP) is 3.84. The number of benzene rings is 2. The zero-order chi connectivity index (χ0) is 16.7. The molecule has 1 N–H and O–H groups in total. The largest absolute Gasteiger partial charge is 0.453 e. The zero-order valence-corrected chi connectivity index (χ0v) is 13.5. The van der Waals surface area contributed by atoms with Gasteiger partial charge in [-0.3, -0.25) is 9.59 Å². The fourth-order valence-electron chi connectivity index (χ4n) is 1.98. The van der Waals surface area contributed by atoms with E-state index in [0.29, 0.717) is 17.1 Å². The third-order valence-electron chi connectivity index (χ3n) is 3.25. The maximum Gasteiger partial charge on any atom is 0.306 e. The molecular formula is C18H18ClNO3. The van der Waals surface area contributed by atoms with Crippen LogP contribution in [-0.2, 0) is 20.7 Å². The van der Waals surface area contributed by atoms with Crippen molar-refractivity contribution in [2.75, 3.05) is 5.32 Å². The van der Waals surface area contributed by atoms with Crippen LogP contribution in [0.5, 0.6) is 0 Å². The number of rotatable bonds is 6. The zero-order valence-electron chi connectivity index (χ0n) is 12.8. The summed E-state index contributed by atoms with van der Waals surface area (Å²) in [5.41, 5.74) is 1.66. The Morgan fingerprint density at radius 2 is 1.74 bits per heavy atom. The Hall–Kier alpha value is -2.33. The molecule has 0 saturated heterocycles. The highest BCUT2D eigenvalue weighted by Gasteiger charge is 2.17. The van der Waals surface area contributed by atoms with E-state index in [-0.39, 0.29) is 12.3 Å². The lowest BCUT2D eigenvalue weighted by atomic mass is 10.1. The second-order valence-corrected chi connectivity index (χ2v) is 5.55. The summed E-state index contributed by atoms with van der Waals surface area (Å²) in [5.74, 6) is -0.770. The molecule has 0 aromatic heterocycles. The number of carbonyl (C=O) groups is 2. The van der Waals surface area contributed by atoms with Gasteiger partial charge in [0.05, 0.1) is 0 Å². The molecule has 0 spiro atoms. The highest BCUT2D eigenvalue weighted by Crippen LogP contribution is 2.14. The monoisotopic (exact) mass is 331 g/mol. The van der Waals surface area contributed by atoms with Gasteiger partial charge in [0.2, 0.25) is 0 Å². The highest BCUT2D eigenvalue weighted by molar-refractivity contribution is 6.30. The Morgan fingerprint density at radius 3 is 2.39 bits per heavy atom. The maximum atomic E-state index is 12.0. The van der Waals surface area contributed by atoms with Gasteiger partial charge >= 0.3 is 5.97 Å². The molecule has 5 heteroatoms. The standard InChI is InChI=1S/C18H18ClNO3/c1-13(18(22)20-16-10-8-15(19)9-11-16)23-17(21)12-7-14-5-3-2-4-6-14/h2-6,8-11,13H,7,12H2,1H3,(H,20,22)/t13-/m1/s1. The van der Waals surface area contributed by atoms with Gasteiger partial charge in [0, 0.05) is 17.1 Å². The minimum Gasteiger partial charge on any atom is -0.453 e. The van der Waals surface area contributed by atoms with E-state index in [1.807, 2.05) is 30.3 Å². The van der Waals surface area contributed by atoms with E-state index < -0.39 is 12.1 Å². The van der Waals surface area contributed by atoms with Crippen LogP contribution in [0.2, 0.25) is 5.02 Å². The van der Waals surface area contributed by atoms with Crippen molar-refractivity contribution in [2.24, 2.45) is 0 Å². The second kappa shape index (κ2) is 8.34. The number of amides is 1. The number of ether oxygens (including phenoxy) is 1. The maximum absolute atomic E-state index is 12.0. The Kier molecular flexibility index (Phi) is 6.18. The Labute approximate surface area is 140 Å². The lowest BCUT2D eigenvalue weighted by Gasteiger charge is -2.13. The fourth-order valence-corrected chi connectivity index (χ4v) is 2.10. The van der Waals surface area contributed by atoms with Crippen molar-refractivity contribution >= 4 is 29.2 Å². The quantitative estimate of drug-likeness (QED) is 0.818. The van der Waals surface area contributed by atoms with Crippen LogP contribution in [0.1, 0.15) is 18.9 Å². The first-order chi connectivity index (χ1) is 11.0. The first kappa shape index (κ1) is 17.0. The van der Waals surface area contributed by atoms with Gasteiger partial charge in [-0.1, -0.05) is 41.9 Å². The van der Waals surface area contributed by atoms with Gasteiger partial charge < -0.3 is 10.1 Å². The first-order valence-corrected chi connectivity index (χ1v) is 7.72. The smallest absolute Gasteiger partial charge is 0.306 e. The SMILES string of the molecule is C[C@@H](OC(=O)CCc1ccccc1)C(=O)Nc1ccc(Cl)cc1. The minimum absolute atomic E-state index is 0.239. The molecule has 1 amide bonds. The van der Waals surface area contributed by atoms with E-state index in [1.54, 1.807) is 31.2 Å². The Morgan fingerprint density at radius 1 is 1.09 bits per heavy atom. The Bertz CT molecular complexity index is 656. The molecule has 4 nitrogen and oxygen atoms in total. The molecule has 0 unspecified atom stereocenters. The predicted molar refractivity (Wildman–Crippen MR) is 90.4 cm³/mol. The summed E-state index contributed by atoms with van der Waals surface area (Å²) in [6.45, 7) is 1.55. The fraction of sp³-hybridized carbons (Fsp3) is 0.222. The second-order valence-electron chi connectivity index (χ2n) is 5.11. The van der Waals surface area contributed by atoms with Crippen LogP contribution >= 0.6 is 11.6 Å². The van der Waals surface area contributed by atoms with Crippen LogP contribution < -0.4 is 5.32 Å². The van der Waals surface area contributed by atoms with Crippen molar-refractivity contribution in [1.82, 2.24) is 0 Å². The van der Waals surface area contributed by atoms with Crippen LogP contribution in [0.4, 0.5) is 5.69 Å². The molecule has 0 heterocycles. The molecule has 0 radical (unpaired) electrons. The van der Waals surface area contributed by atoms with E-state index in [9.17, 15) is 9.59 Å². The summed E-state index contributed by atoms with van der Waals surface area (Å²) in [5, 5.41) is 3.26. The molecule has 2 aromatic carbocycles. The summed E-state index contributed by atoms with van der Waals surface area (Å²) in [6.07, 6.45) is -0.0257. The molecule has 0 aliphatic carbocycles. The third-order valence-corrected chi connectivity index (χ3v) is 3.50. The van der Waals surface area contributed by atoms with Gasteiger partial charge in [-0.05, 0) is 43.2 Å². The molecule has 1 atom stereocenters. The summed E-state index contributed by atoms with van der Waals surface area (Å²) < 4.78 is 5.15. The number of anilines is 1. The van der Waals surface area contributed by atoms with Gasteiger partial charge in [0.15, 0.2) is 6.10 Å². The molecule has 2 aromatic rings. The molecule has 2 rings (SSSR count). The molecule has 120 valence electrons. The van der Waals surface area contributed by atoms with Crippen molar-refractivity contribution in [2.45, 2.75) is 25.9 Å². The number of nitrogens with one attached hydrogen (secondary N) is 1. The van der Waals surface area contributed by atoms with Crippen LogP contribution in [-0.4, -0.2) is 18.0 Å². The van der Waals surface area contributed by atoms with Crippen molar-refractivity contribution < 1.29 is 14.3 Å². The van der Waals surface area contributed by atoms with Crippen LogP contribution in [0.15, 0.2) is 54.6 Å². The summed E-state index contributed by atoms with van der Waals surface area (Å²) >= 11 is 5.78. The van der Waals surface area contributed by atoms with E-state index >= 15 is 0 Å². The van der Waals surface area contributed by atoms with E-state index in [0.717, 1.165) is 5.56 Å². The number of esters is 1. The lowest BCUT2D eigenvalue weighted by Crippen LogP contribution is -2.30. The van der Waals surface area contributed by atoms with Gasteiger partial charge in [-0.2, -0.15) is 0 Å². The molecular weight excluding hydrogens is 314 g/mol. The summed E-state index contributed by atoms with van der Waals surface area (Å²) in [4.78, 5) is 23.8. The normalized spacial score (nSPS) is 11.6. The van der Waals surface area contributed by atoms with Crippen molar-refractivity contribution in [3.8, 4) is 0 Å². The Balaban J connectivity index is 1.78. The van der Waals surface area contributed by atoms with E-state index in [4.69, 9.17) is 16.3 Å². The van der Waals surface area contributed by atoms with Crippen LogP contribution in [0, 0.1) is 0 Å². The summed E-state index contributed by atoms with van der Waals surface area (Å²) in [6, 6.07) is 16.4. The number of aryl methyl sites for hydroxylation is 1. The first-order valence-electron chi connectivity index (χ1n) is 7.34. The van der Waals surface area contributed by atoms with E-state index in [2.05, 4.69) is 5.32 Å². The molecule has 0 aliphatic heterocycles. The third kappa shape index (κ3) is 5.75. The van der Waals surface area contributed by atoms with E-state index in [1.165, 1.54) is 0 Å². The number of carbonyl (C=O) groups excluding carboxylic acids is 2. The topological polar surface area (TPSA) is 55.4 Å². The minimum atomic E-state index is -0.853. The number of halogens is 1. The van der Waals surface area contributed by atoms with Crippen LogP contribution in [0.3, 0.4) is 0 Å². The van der Waals surface area contributed by atoms with Gasteiger partial charge in [0.1, 0.15) is 0 Å². The molecule has 0 fully saturated rings. The van der Waals surface area contributed by atoms with Crippen molar-refractivity contribution in [3.63, 3.8) is 0 Å². The molecule has 0 saturated carbocycles. The van der Waals surface area contributed by atoms with Crippen LogP contribution in [0.25, 0.3) is 0 Å². The number of hydrogen-bond acceptors (Lipinski definition) is 3. The lowest BCUT2D eigenvalue weighted by molar-refractivity contribution is -0.153. The highest BCUT2D eigenvalue weighted by atomic mass is 35.5. The molecule has 0 bridgehead atoms. The average molecular weight is 332 g/mol. The average Bonchev–Trinajstić information content (AvgIpc) is 2.56. The van der Waals surface area contributed by atoms with Gasteiger partial charge in [-0.15, -0.1) is 0 Å².